The molecule has 1 rings (SSSR count). The van der Waals surface area contributed by atoms with Crippen molar-refractivity contribution in [3.8, 4) is 5.75 Å². The number of rotatable bonds is 4. The Bertz CT molecular complexity index is 318. The normalized spacial score (nSPS) is 12.9. The summed E-state index contributed by atoms with van der Waals surface area (Å²) in [5.74, 6) is 1.45. The maximum atomic E-state index is 5.64. The van der Waals surface area contributed by atoms with E-state index >= 15 is 0 Å². The second kappa shape index (κ2) is 5.17. The summed E-state index contributed by atoms with van der Waals surface area (Å²) in [5, 5.41) is 0. The lowest BCUT2D eigenvalue weighted by atomic mass is 9.98. The highest BCUT2D eigenvalue weighted by atomic mass is 16.5. The highest BCUT2D eigenvalue weighted by Gasteiger charge is 2.05. The molecule has 0 saturated carbocycles. The van der Waals surface area contributed by atoms with E-state index in [9.17, 15) is 0 Å². The first-order valence-corrected chi connectivity index (χ1v) is 5.49. The molecule has 2 N–H and O–H groups in total. The summed E-state index contributed by atoms with van der Waals surface area (Å²) >= 11 is 0. The molecule has 15 heavy (non-hydrogen) atoms. The Kier molecular flexibility index (Phi) is 4.15. The molecule has 84 valence electrons. The van der Waals surface area contributed by atoms with Crippen LogP contribution in [-0.4, -0.2) is 12.6 Å². The van der Waals surface area contributed by atoms with Crippen LogP contribution in [0, 0.1) is 6.92 Å². The van der Waals surface area contributed by atoms with Crippen LogP contribution in [0.4, 0.5) is 0 Å². The Morgan fingerprint density at radius 1 is 1.27 bits per heavy atom. The molecule has 0 aromatic heterocycles. The van der Waals surface area contributed by atoms with E-state index in [0.717, 1.165) is 5.75 Å². The molecule has 0 radical (unpaired) electrons. The van der Waals surface area contributed by atoms with Crippen LogP contribution in [0.3, 0.4) is 0 Å². The Morgan fingerprint density at radius 3 is 2.47 bits per heavy atom. The summed E-state index contributed by atoms with van der Waals surface area (Å²) < 4.78 is 5.59. The van der Waals surface area contributed by atoms with Crippen molar-refractivity contribution in [1.29, 1.82) is 0 Å². The Labute approximate surface area is 92.4 Å². The van der Waals surface area contributed by atoms with Crippen LogP contribution < -0.4 is 10.5 Å². The molecule has 1 aromatic rings. The molecule has 1 aromatic carbocycles. The van der Waals surface area contributed by atoms with Crippen LogP contribution in [0.5, 0.6) is 5.75 Å². The fraction of sp³-hybridized carbons (Fsp3) is 0.538. The topological polar surface area (TPSA) is 35.2 Å². The average molecular weight is 207 g/mol. The molecule has 2 nitrogen and oxygen atoms in total. The van der Waals surface area contributed by atoms with Gasteiger partial charge in [-0.2, -0.15) is 0 Å². The smallest absolute Gasteiger partial charge is 0.119 e. The summed E-state index contributed by atoms with van der Waals surface area (Å²) in [7, 11) is 0. The third-order valence-electron chi connectivity index (χ3n) is 2.39. The lowest BCUT2D eigenvalue weighted by Gasteiger charge is -2.13. The van der Waals surface area contributed by atoms with Crippen LogP contribution in [0.15, 0.2) is 18.2 Å². The first-order valence-electron chi connectivity index (χ1n) is 5.49. The van der Waals surface area contributed by atoms with E-state index in [-0.39, 0.29) is 6.04 Å². The molecule has 2 heteroatoms. The van der Waals surface area contributed by atoms with Gasteiger partial charge in [-0.1, -0.05) is 19.9 Å². The van der Waals surface area contributed by atoms with Crippen molar-refractivity contribution in [2.24, 2.45) is 5.73 Å². The maximum Gasteiger partial charge on any atom is 0.119 e. The number of benzene rings is 1. The van der Waals surface area contributed by atoms with Crippen LogP contribution >= 0.6 is 0 Å². The molecule has 0 aliphatic heterocycles. The van der Waals surface area contributed by atoms with Gasteiger partial charge in [0.25, 0.3) is 0 Å². The predicted molar refractivity (Wildman–Crippen MR) is 64.4 cm³/mol. The number of ether oxygens (including phenoxy) is 1. The van der Waals surface area contributed by atoms with Crippen molar-refractivity contribution in [2.75, 3.05) is 6.61 Å². The number of nitrogens with two attached hydrogens (primary N) is 1. The maximum absolute atomic E-state index is 5.64. The van der Waals surface area contributed by atoms with Gasteiger partial charge >= 0.3 is 0 Å². The van der Waals surface area contributed by atoms with Crippen molar-refractivity contribution < 1.29 is 4.74 Å². The largest absolute Gasteiger partial charge is 0.492 e. The number of aryl methyl sites for hydroxylation is 1. The summed E-state index contributed by atoms with van der Waals surface area (Å²) in [6.07, 6.45) is 0. The van der Waals surface area contributed by atoms with E-state index in [1.165, 1.54) is 11.1 Å². The molecular weight excluding hydrogens is 186 g/mol. The second-order valence-corrected chi connectivity index (χ2v) is 4.46. The van der Waals surface area contributed by atoms with Gasteiger partial charge in [0.1, 0.15) is 12.4 Å². The van der Waals surface area contributed by atoms with E-state index in [1.807, 2.05) is 13.0 Å². The summed E-state index contributed by atoms with van der Waals surface area (Å²) in [5.41, 5.74) is 8.31. The van der Waals surface area contributed by atoms with Crippen molar-refractivity contribution in [1.82, 2.24) is 0 Å². The van der Waals surface area contributed by atoms with Gasteiger partial charge in [0.2, 0.25) is 0 Å². The van der Waals surface area contributed by atoms with Crippen molar-refractivity contribution in [3.63, 3.8) is 0 Å². The van der Waals surface area contributed by atoms with Crippen molar-refractivity contribution in [2.45, 2.75) is 39.7 Å². The van der Waals surface area contributed by atoms with Gasteiger partial charge in [-0.05, 0) is 43.0 Å². The van der Waals surface area contributed by atoms with Gasteiger partial charge in [-0.3, -0.25) is 0 Å². The molecule has 0 fully saturated rings. The predicted octanol–water partition coefficient (Wildman–Crippen LogP) is 2.84. The fourth-order valence-corrected chi connectivity index (χ4v) is 1.56. The molecule has 0 aliphatic carbocycles. The summed E-state index contributed by atoms with van der Waals surface area (Å²) in [6, 6.07) is 6.30. The first-order chi connectivity index (χ1) is 7.00. The van der Waals surface area contributed by atoms with Crippen LogP contribution in [-0.2, 0) is 0 Å². The zero-order valence-electron chi connectivity index (χ0n) is 10.1. The van der Waals surface area contributed by atoms with Crippen LogP contribution in [0.1, 0.15) is 37.8 Å². The van der Waals surface area contributed by atoms with E-state index in [1.54, 1.807) is 0 Å². The van der Waals surface area contributed by atoms with Gasteiger partial charge in [-0.25, -0.2) is 0 Å². The van der Waals surface area contributed by atoms with Gasteiger partial charge in [0.05, 0.1) is 0 Å². The molecule has 0 aliphatic rings. The summed E-state index contributed by atoms with van der Waals surface area (Å²) in [4.78, 5) is 0. The van der Waals surface area contributed by atoms with Gasteiger partial charge in [-0.15, -0.1) is 0 Å². The molecule has 1 atom stereocenters. The van der Waals surface area contributed by atoms with Gasteiger partial charge in [0, 0.05) is 6.04 Å². The molecule has 1 unspecified atom stereocenters. The minimum Gasteiger partial charge on any atom is -0.492 e. The molecule has 0 spiro atoms. The number of hydrogen-bond acceptors (Lipinski definition) is 2. The molecule has 0 amide bonds. The molecule has 0 saturated heterocycles. The molecule has 0 bridgehead atoms. The van der Waals surface area contributed by atoms with Crippen LogP contribution in [0.25, 0.3) is 0 Å². The van der Waals surface area contributed by atoms with Crippen LogP contribution in [0.2, 0.25) is 0 Å². The highest BCUT2D eigenvalue weighted by molar-refractivity contribution is 5.36. The standard InChI is InChI=1S/C13H21NO/c1-9(2)13-7-12(6-5-10(13)3)15-8-11(4)14/h5-7,9,11H,8,14H2,1-4H3. The zero-order valence-corrected chi connectivity index (χ0v) is 10.1. The van der Waals surface area contributed by atoms with E-state index in [2.05, 4.69) is 32.9 Å². The van der Waals surface area contributed by atoms with Crippen molar-refractivity contribution >= 4 is 0 Å². The average Bonchev–Trinajstić information content (AvgIpc) is 2.16. The second-order valence-electron chi connectivity index (χ2n) is 4.46. The Balaban J connectivity index is 2.78. The number of hydrogen-bond donors (Lipinski definition) is 1. The Morgan fingerprint density at radius 2 is 1.93 bits per heavy atom. The minimum absolute atomic E-state index is 0.0776. The minimum atomic E-state index is 0.0776. The molecular formula is C13H21NO. The third-order valence-corrected chi connectivity index (χ3v) is 2.39. The lowest BCUT2D eigenvalue weighted by molar-refractivity contribution is 0.296. The molecule has 0 heterocycles. The lowest BCUT2D eigenvalue weighted by Crippen LogP contribution is -2.23. The fourth-order valence-electron chi connectivity index (χ4n) is 1.56. The Hall–Kier alpha value is -1.02. The highest BCUT2D eigenvalue weighted by Crippen LogP contribution is 2.24. The van der Waals surface area contributed by atoms with E-state index in [0.29, 0.717) is 12.5 Å². The quantitative estimate of drug-likeness (QED) is 0.824. The SMILES string of the molecule is Cc1ccc(OCC(C)N)cc1C(C)C. The zero-order chi connectivity index (χ0) is 11.4. The van der Waals surface area contributed by atoms with Gasteiger partial charge < -0.3 is 10.5 Å². The summed E-state index contributed by atoms with van der Waals surface area (Å²) in [6.45, 7) is 9.03. The first kappa shape index (κ1) is 12.1. The van der Waals surface area contributed by atoms with E-state index in [4.69, 9.17) is 10.5 Å². The van der Waals surface area contributed by atoms with Crippen molar-refractivity contribution in [3.05, 3.63) is 29.3 Å². The monoisotopic (exact) mass is 207 g/mol. The third kappa shape index (κ3) is 3.56. The van der Waals surface area contributed by atoms with Gasteiger partial charge in [0.15, 0.2) is 0 Å². The van der Waals surface area contributed by atoms with E-state index < -0.39 is 0 Å².